The maximum absolute atomic E-state index is 13.0. The molecule has 0 unspecified atom stereocenters. The van der Waals surface area contributed by atoms with E-state index >= 15 is 0 Å². The van der Waals surface area contributed by atoms with Crippen LogP contribution in [-0.2, 0) is 33.3 Å². The minimum absolute atomic E-state index is 0.0659. The van der Waals surface area contributed by atoms with Gasteiger partial charge >= 0.3 is 30.3 Å². The third-order valence-electron chi connectivity index (χ3n) is 4.50. The number of methoxy groups -OCH3 is 1. The molecule has 0 N–H and O–H groups in total. The Balaban J connectivity index is 5.52. The molecule has 0 fully saturated rings. The highest BCUT2D eigenvalue weighted by Gasteiger charge is 2.56. The molecule has 0 amide bonds. The number of hydrogen-bond donors (Lipinski definition) is 0. The zero-order valence-corrected chi connectivity index (χ0v) is 18.0. The standard InChI is InChI=1S/C18H26F6O7/c1-14(2,17(19,20)21)11(25)30-9-16(5,13(27)29-8-7-28-6)10-31-12(26)15(3,4)18(22,23)24/h7-10H2,1-6H3. The van der Waals surface area contributed by atoms with Gasteiger partial charge in [-0.15, -0.1) is 0 Å². The summed E-state index contributed by atoms with van der Waals surface area (Å²) in [5, 5.41) is 0. The van der Waals surface area contributed by atoms with Crippen molar-refractivity contribution >= 4 is 17.9 Å². The second-order valence-corrected chi connectivity index (χ2v) is 8.09. The lowest BCUT2D eigenvalue weighted by Gasteiger charge is -2.31. The molecular weight excluding hydrogens is 442 g/mol. The number of halogens is 6. The van der Waals surface area contributed by atoms with Crippen LogP contribution >= 0.6 is 0 Å². The first-order valence-electron chi connectivity index (χ1n) is 8.88. The molecule has 0 aromatic heterocycles. The van der Waals surface area contributed by atoms with Gasteiger partial charge in [-0.25, -0.2) is 0 Å². The van der Waals surface area contributed by atoms with Gasteiger partial charge in [0.2, 0.25) is 0 Å². The lowest BCUT2D eigenvalue weighted by Crippen LogP contribution is -2.47. The highest BCUT2D eigenvalue weighted by atomic mass is 19.4. The number of alkyl halides is 6. The molecule has 0 aliphatic carbocycles. The van der Waals surface area contributed by atoms with Crippen LogP contribution in [0.1, 0.15) is 34.6 Å². The molecule has 0 saturated heterocycles. The van der Waals surface area contributed by atoms with Gasteiger partial charge < -0.3 is 18.9 Å². The van der Waals surface area contributed by atoms with Crippen LogP contribution in [0.3, 0.4) is 0 Å². The van der Waals surface area contributed by atoms with E-state index in [1.165, 1.54) is 7.11 Å². The third-order valence-corrected chi connectivity index (χ3v) is 4.50. The van der Waals surface area contributed by atoms with Crippen molar-refractivity contribution < 1.29 is 59.7 Å². The topological polar surface area (TPSA) is 88.1 Å². The van der Waals surface area contributed by atoms with Crippen LogP contribution in [0.4, 0.5) is 26.3 Å². The minimum Gasteiger partial charge on any atom is -0.464 e. The lowest BCUT2D eigenvalue weighted by molar-refractivity contribution is -0.229. The average molecular weight is 468 g/mol. The van der Waals surface area contributed by atoms with Gasteiger partial charge in [0, 0.05) is 7.11 Å². The fraction of sp³-hybridized carbons (Fsp3) is 0.833. The fourth-order valence-electron chi connectivity index (χ4n) is 1.59. The molecule has 31 heavy (non-hydrogen) atoms. The predicted octanol–water partition coefficient (Wildman–Crippen LogP) is 3.45. The zero-order valence-electron chi connectivity index (χ0n) is 18.0. The van der Waals surface area contributed by atoms with Crippen molar-refractivity contribution in [3.8, 4) is 0 Å². The van der Waals surface area contributed by atoms with Crippen molar-refractivity contribution in [2.45, 2.75) is 47.0 Å². The van der Waals surface area contributed by atoms with E-state index in [1.807, 2.05) is 0 Å². The van der Waals surface area contributed by atoms with E-state index in [9.17, 15) is 40.7 Å². The molecule has 13 heteroatoms. The van der Waals surface area contributed by atoms with Crippen LogP contribution in [0.15, 0.2) is 0 Å². The van der Waals surface area contributed by atoms with Gasteiger partial charge in [0.1, 0.15) is 25.2 Å². The van der Waals surface area contributed by atoms with Crippen LogP contribution < -0.4 is 0 Å². The molecule has 0 aliphatic rings. The Morgan fingerprint density at radius 2 is 0.968 bits per heavy atom. The zero-order chi connectivity index (χ0) is 24.9. The number of carbonyl (C=O) groups is 3. The van der Waals surface area contributed by atoms with Crippen molar-refractivity contribution in [1.29, 1.82) is 0 Å². The van der Waals surface area contributed by atoms with E-state index < -0.39 is 59.7 Å². The van der Waals surface area contributed by atoms with Crippen LogP contribution in [-0.4, -0.2) is 63.8 Å². The van der Waals surface area contributed by atoms with E-state index in [2.05, 4.69) is 14.2 Å². The summed E-state index contributed by atoms with van der Waals surface area (Å²) in [5.74, 6) is -4.66. The fourth-order valence-corrected chi connectivity index (χ4v) is 1.59. The first kappa shape index (κ1) is 28.9. The first-order valence-corrected chi connectivity index (χ1v) is 8.88. The van der Waals surface area contributed by atoms with Crippen molar-refractivity contribution in [2.24, 2.45) is 16.2 Å². The third kappa shape index (κ3) is 7.25. The van der Waals surface area contributed by atoms with Gasteiger partial charge in [-0.3, -0.25) is 14.4 Å². The summed E-state index contributed by atoms with van der Waals surface area (Å²) >= 11 is 0. The van der Waals surface area contributed by atoms with Gasteiger partial charge in [-0.1, -0.05) is 0 Å². The molecule has 0 bridgehead atoms. The maximum Gasteiger partial charge on any atom is 0.404 e. The van der Waals surface area contributed by atoms with Crippen LogP contribution in [0.5, 0.6) is 0 Å². The molecule has 182 valence electrons. The number of rotatable bonds is 10. The Hall–Kier alpha value is -2.05. The van der Waals surface area contributed by atoms with E-state index in [1.54, 1.807) is 0 Å². The van der Waals surface area contributed by atoms with Crippen LogP contribution in [0.2, 0.25) is 0 Å². The normalized spacial score (nSPS) is 13.5. The average Bonchev–Trinajstić information content (AvgIpc) is 2.62. The van der Waals surface area contributed by atoms with Crippen molar-refractivity contribution in [3.05, 3.63) is 0 Å². The summed E-state index contributed by atoms with van der Waals surface area (Å²) in [6.45, 7) is 0.742. The predicted molar refractivity (Wildman–Crippen MR) is 92.5 cm³/mol. The first-order chi connectivity index (χ1) is 13.7. The molecule has 0 heterocycles. The van der Waals surface area contributed by atoms with Crippen LogP contribution in [0.25, 0.3) is 0 Å². The molecular formula is C18H26F6O7. The molecule has 0 atom stereocenters. The summed E-state index contributed by atoms with van der Waals surface area (Å²) in [7, 11) is 1.29. The SMILES string of the molecule is COCCOC(=O)C(C)(COC(=O)C(C)(C)C(F)(F)F)COC(=O)C(C)(C)C(F)(F)F. The number of carbonyl (C=O) groups excluding carboxylic acids is 3. The van der Waals surface area contributed by atoms with Crippen molar-refractivity contribution in [1.82, 2.24) is 0 Å². The van der Waals surface area contributed by atoms with Gasteiger partial charge in [0.25, 0.3) is 0 Å². The molecule has 0 saturated carbocycles. The van der Waals surface area contributed by atoms with E-state index in [4.69, 9.17) is 4.74 Å². The quantitative estimate of drug-likeness (QED) is 0.210. The molecule has 0 rings (SSSR count). The number of ether oxygens (including phenoxy) is 4. The van der Waals surface area contributed by atoms with Gasteiger partial charge in [-0.05, 0) is 34.6 Å². The monoisotopic (exact) mass is 468 g/mol. The second-order valence-electron chi connectivity index (χ2n) is 8.09. The van der Waals surface area contributed by atoms with Gasteiger partial charge in [0.05, 0.1) is 6.61 Å². The van der Waals surface area contributed by atoms with Gasteiger partial charge in [0.15, 0.2) is 10.8 Å². The van der Waals surface area contributed by atoms with Crippen molar-refractivity contribution in [3.63, 3.8) is 0 Å². The summed E-state index contributed by atoms with van der Waals surface area (Å²) in [6.07, 6.45) is -9.94. The number of hydrogen-bond acceptors (Lipinski definition) is 7. The Bertz CT molecular complexity index is 611. The highest BCUT2D eigenvalue weighted by Crippen LogP contribution is 2.40. The highest BCUT2D eigenvalue weighted by molar-refractivity contribution is 5.81. The lowest BCUT2D eigenvalue weighted by atomic mass is 9.90. The molecule has 0 aromatic carbocycles. The van der Waals surface area contributed by atoms with E-state index in [0.717, 1.165) is 6.92 Å². The number of esters is 3. The molecule has 0 aromatic rings. The minimum atomic E-state index is -4.97. The van der Waals surface area contributed by atoms with E-state index in [-0.39, 0.29) is 13.2 Å². The van der Waals surface area contributed by atoms with Crippen LogP contribution in [0, 0.1) is 16.2 Å². The summed E-state index contributed by atoms with van der Waals surface area (Å²) in [4.78, 5) is 36.2. The summed E-state index contributed by atoms with van der Waals surface area (Å²) < 4.78 is 96.6. The Morgan fingerprint density at radius 1 is 0.613 bits per heavy atom. The van der Waals surface area contributed by atoms with E-state index in [0.29, 0.717) is 27.7 Å². The summed E-state index contributed by atoms with van der Waals surface area (Å²) in [5.41, 5.74) is -7.94. The summed E-state index contributed by atoms with van der Waals surface area (Å²) in [6, 6.07) is 0. The van der Waals surface area contributed by atoms with Crippen molar-refractivity contribution in [2.75, 3.05) is 33.5 Å². The second kappa shape index (κ2) is 10.0. The molecule has 7 nitrogen and oxygen atoms in total. The smallest absolute Gasteiger partial charge is 0.404 e. The van der Waals surface area contributed by atoms with Gasteiger partial charge in [-0.2, -0.15) is 26.3 Å². The Labute approximate surface area is 175 Å². The molecule has 0 spiro atoms. The maximum atomic E-state index is 13.0. The molecule has 0 radical (unpaired) electrons. The molecule has 0 aliphatic heterocycles. The largest absolute Gasteiger partial charge is 0.464 e. The Morgan fingerprint density at radius 3 is 1.26 bits per heavy atom. The Kier molecular flexibility index (Phi) is 9.38.